The summed E-state index contributed by atoms with van der Waals surface area (Å²) in [5.74, 6) is 0.912. The van der Waals surface area contributed by atoms with Gasteiger partial charge in [-0.05, 0) is 42.5 Å². The van der Waals surface area contributed by atoms with Gasteiger partial charge in [0.2, 0.25) is 0 Å². The third kappa shape index (κ3) is 2.61. The SMILES string of the molecule is CC[C@@H](CO)NC1CCc2ccc(OC)cc21. The molecule has 1 aliphatic carbocycles. The molecule has 0 radical (unpaired) electrons. The molecule has 1 aromatic carbocycles. The van der Waals surface area contributed by atoms with Crippen LogP contribution in [0.25, 0.3) is 0 Å². The molecule has 0 spiro atoms. The fraction of sp³-hybridized carbons (Fsp3) is 0.571. The molecule has 1 unspecified atom stereocenters. The lowest BCUT2D eigenvalue weighted by atomic mass is 10.1. The zero-order chi connectivity index (χ0) is 12.3. The molecule has 1 aliphatic rings. The lowest BCUT2D eigenvalue weighted by Gasteiger charge is -2.21. The number of hydrogen-bond acceptors (Lipinski definition) is 3. The number of nitrogens with one attached hydrogen (secondary N) is 1. The second-order valence-corrected chi connectivity index (χ2v) is 4.61. The summed E-state index contributed by atoms with van der Waals surface area (Å²) in [7, 11) is 1.70. The Hall–Kier alpha value is -1.06. The van der Waals surface area contributed by atoms with Crippen molar-refractivity contribution in [2.24, 2.45) is 0 Å². The summed E-state index contributed by atoms with van der Waals surface area (Å²) in [6.45, 7) is 2.29. The number of aryl methyl sites for hydroxylation is 1. The first-order valence-corrected chi connectivity index (χ1v) is 6.32. The van der Waals surface area contributed by atoms with Crippen LogP contribution in [0, 0.1) is 0 Å². The first-order valence-electron chi connectivity index (χ1n) is 6.32. The van der Waals surface area contributed by atoms with Gasteiger partial charge in [0.1, 0.15) is 5.75 Å². The summed E-state index contributed by atoms with van der Waals surface area (Å²) in [5.41, 5.74) is 2.73. The Kier molecular flexibility index (Phi) is 4.02. The van der Waals surface area contributed by atoms with Crippen LogP contribution < -0.4 is 10.1 Å². The van der Waals surface area contributed by atoms with E-state index in [4.69, 9.17) is 4.74 Å². The zero-order valence-electron chi connectivity index (χ0n) is 10.6. The van der Waals surface area contributed by atoms with Gasteiger partial charge in [-0.1, -0.05) is 13.0 Å². The molecule has 0 heterocycles. The van der Waals surface area contributed by atoms with E-state index in [0.717, 1.165) is 25.0 Å². The molecule has 0 saturated heterocycles. The summed E-state index contributed by atoms with van der Waals surface area (Å²) in [6.07, 6.45) is 3.17. The van der Waals surface area contributed by atoms with Crippen LogP contribution in [-0.2, 0) is 6.42 Å². The number of methoxy groups -OCH3 is 1. The van der Waals surface area contributed by atoms with Gasteiger partial charge in [0.05, 0.1) is 13.7 Å². The monoisotopic (exact) mass is 235 g/mol. The van der Waals surface area contributed by atoms with Crippen molar-refractivity contribution in [3.8, 4) is 5.75 Å². The summed E-state index contributed by atoms with van der Waals surface area (Å²) >= 11 is 0. The third-order valence-electron chi connectivity index (χ3n) is 3.58. The van der Waals surface area contributed by atoms with Crippen LogP contribution >= 0.6 is 0 Å². The van der Waals surface area contributed by atoms with Crippen LogP contribution in [0.3, 0.4) is 0 Å². The Labute approximate surface area is 103 Å². The highest BCUT2D eigenvalue weighted by atomic mass is 16.5. The fourth-order valence-corrected chi connectivity index (χ4v) is 2.46. The molecular formula is C14H21NO2. The van der Waals surface area contributed by atoms with E-state index in [-0.39, 0.29) is 12.6 Å². The largest absolute Gasteiger partial charge is 0.497 e. The molecule has 0 aliphatic heterocycles. The van der Waals surface area contributed by atoms with Crippen molar-refractivity contribution in [3.05, 3.63) is 29.3 Å². The summed E-state index contributed by atoms with van der Waals surface area (Å²) < 4.78 is 5.27. The molecule has 17 heavy (non-hydrogen) atoms. The maximum Gasteiger partial charge on any atom is 0.119 e. The molecule has 1 aromatic rings. The fourth-order valence-electron chi connectivity index (χ4n) is 2.46. The van der Waals surface area contributed by atoms with Crippen LogP contribution in [0.15, 0.2) is 18.2 Å². The molecule has 0 saturated carbocycles. The molecule has 2 atom stereocenters. The number of hydrogen-bond donors (Lipinski definition) is 2. The molecule has 0 fully saturated rings. The number of aliphatic hydroxyl groups excluding tert-OH is 1. The molecular weight excluding hydrogens is 214 g/mol. The van der Waals surface area contributed by atoms with Crippen molar-refractivity contribution in [3.63, 3.8) is 0 Å². The molecule has 0 bridgehead atoms. The summed E-state index contributed by atoms with van der Waals surface area (Å²) in [5, 5.41) is 12.8. The standard InChI is InChI=1S/C14H21NO2/c1-3-11(9-16)15-14-7-5-10-4-6-12(17-2)8-13(10)14/h4,6,8,11,14-16H,3,5,7,9H2,1-2H3/t11-,14?/m0/s1. The lowest BCUT2D eigenvalue weighted by molar-refractivity contribution is 0.227. The highest BCUT2D eigenvalue weighted by Crippen LogP contribution is 2.34. The topological polar surface area (TPSA) is 41.5 Å². The molecule has 0 aromatic heterocycles. The highest BCUT2D eigenvalue weighted by Gasteiger charge is 2.24. The van der Waals surface area contributed by atoms with Gasteiger partial charge in [0, 0.05) is 12.1 Å². The van der Waals surface area contributed by atoms with Crippen molar-refractivity contribution < 1.29 is 9.84 Å². The van der Waals surface area contributed by atoms with Crippen molar-refractivity contribution in [2.45, 2.75) is 38.3 Å². The van der Waals surface area contributed by atoms with Gasteiger partial charge < -0.3 is 15.2 Å². The van der Waals surface area contributed by atoms with Crippen LogP contribution in [-0.4, -0.2) is 24.9 Å². The average Bonchev–Trinajstić information content (AvgIpc) is 2.78. The van der Waals surface area contributed by atoms with Gasteiger partial charge in [0.25, 0.3) is 0 Å². The maximum atomic E-state index is 9.25. The zero-order valence-corrected chi connectivity index (χ0v) is 10.6. The molecule has 94 valence electrons. The minimum atomic E-state index is 0.192. The third-order valence-corrected chi connectivity index (χ3v) is 3.58. The van der Waals surface area contributed by atoms with E-state index in [1.807, 2.05) is 6.07 Å². The average molecular weight is 235 g/mol. The Balaban J connectivity index is 2.14. The molecule has 2 rings (SSSR count). The lowest BCUT2D eigenvalue weighted by Crippen LogP contribution is -2.34. The first kappa shape index (κ1) is 12.4. The van der Waals surface area contributed by atoms with Gasteiger partial charge in [-0.3, -0.25) is 0 Å². The summed E-state index contributed by atoms with van der Waals surface area (Å²) in [6, 6.07) is 6.83. The summed E-state index contributed by atoms with van der Waals surface area (Å²) in [4.78, 5) is 0. The smallest absolute Gasteiger partial charge is 0.119 e. The van der Waals surface area contributed by atoms with Crippen molar-refractivity contribution >= 4 is 0 Å². The Morgan fingerprint density at radius 2 is 2.35 bits per heavy atom. The minimum absolute atomic E-state index is 0.192. The second kappa shape index (κ2) is 5.52. The Bertz CT molecular complexity index is 374. The Morgan fingerprint density at radius 3 is 3.00 bits per heavy atom. The highest BCUT2D eigenvalue weighted by molar-refractivity contribution is 5.40. The quantitative estimate of drug-likeness (QED) is 0.820. The van der Waals surface area contributed by atoms with Gasteiger partial charge in [-0.15, -0.1) is 0 Å². The first-order chi connectivity index (χ1) is 8.28. The van der Waals surface area contributed by atoms with Crippen molar-refractivity contribution in [1.29, 1.82) is 0 Å². The molecule has 0 amide bonds. The number of fused-ring (bicyclic) bond motifs is 1. The van der Waals surface area contributed by atoms with Crippen LogP contribution in [0.5, 0.6) is 5.75 Å². The number of benzene rings is 1. The van der Waals surface area contributed by atoms with E-state index >= 15 is 0 Å². The van der Waals surface area contributed by atoms with Gasteiger partial charge in [-0.2, -0.15) is 0 Å². The predicted octanol–water partition coefficient (Wildman–Crippen LogP) is 2.04. The second-order valence-electron chi connectivity index (χ2n) is 4.61. The van der Waals surface area contributed by atoms with E-state index in [1.165, 1.54) is 11.1 Å². The maximum absolute atomic E-state index is 9.25. The number of ether oxygens (including phenoxy) is 1. The van der Waals surface area contributed by atoms with Crippen molar-refractivity contribution in [2.75, 3.05) is 13.7 Å². The van der Waals surface area contributed by atoms with Gasteiger partial charge in [-0.25, -0.2) is 0 Å². The van der Waals surface area contributed by atoms with E-state index in [9.17, 15) is 5.11 Å². The van der Waals surface area contributed by atoms with Crippen LogP contribution in [0.4, 0.5) is 0 Å². The van der Waals surface area contributed by atoms with E-state index in [2.05, 4.69) is 24.4 Å². The Morgan fingerprint density at radius 1 is 1.53 bits per heavy atom. The van der Waals surface area contributed by atoms with Crippen LogP contribution in [0.2, 0.25) is 0 Å². The van der Waals surface area contributed by atoms with E-state index in [0.29, 0.717) is 6.04 Å². The molecule has 3 heteroatoms. The van der Waals surface area contributed by atoms with Gasteiger partial charge >= 0.3 is 0 Å². The predicted molar refractivity (Wildman–Crippen MR) is 68.4 cm³/mol. The van der Waals surface area contributed by atoms with E-state index in [1.54, 1.807) is 7.11 Å². The normalized spacial score (nSPS) is 20.1. The minimum Gasteiger partial charge on any atom is -0.497 e. The van der Waals surface area contributed by atoms with Crippen LogP contribution in [0.1, 0.15) is 36.9 Å². The molecule has 2 N–H and O–H groups in total. The number of aliphatic hydroxyl groups is 1. The van der Waals surface area contributed by atoms with Gasteiger partial charge in [0.15, 0.2) is 0 Å². The number of rotatable bonds is 5. The molecule has 3 nitrogen and oxygen atoms in total. The van der Waals surface area contributed by atoms with E-state index < -0.39 is 0 Å². The van der Waals surface area contributed by atoms with Crippen molar-refractivity contribution in [1.82, 2.24) is 5.32 Å².